The van der Waals surface area contributed by atoms with Crippen molar-refractivity contribution in [3.05, 3.63) is 0 Å². The molecule has 1 fully saturated rings. The summed E-state index contributed by atoms with van der Waals surface area (Å²) in [6.45, 7) is 10.7. The lowest BCUT2D eigenvalue weighted by Crippen LogP contribution is -2.54. The molecule has 0 saturated heterocycles. The molecule has 0 heterocycles. The van der Waals surface area contributed by atoms with Gasteiger partial charge in [-0.05, 0) is 31.0 Å². The fourth-order valence-electron chi connectivity index (χ4n) is 2.12. The van der Waals surface area contributed by atoms with E-state index in [1.165, 1.54) is 0 Å². The molecule has 0 bridgehead atoms. The molecule has 0 spiro atoms. The van der Waals surface area contributed by atoms with E-state index in [2.05, 4.69) is 39.2 Å². The highest BCUT2D eigenvalue weighted by Gasteiger charge is 2.42. The molecule has 0 aromatic carbocycles. The number of carboxylic acid groups (broad SMARTS) is 1. The van der Waals surface area contributed by atoms with Crippen LogP contribution < -0.4 is 5.32 Å². The highest BCUT2D eigenvalue weighted by Crippen LogP contribution is 2.39. The molecule has 0 aromatic rings. The van der Waals surface area contributed by atoms with Crippen LogP contribution in [-0.4, -0.2) is 42.9 Å². The Labute approximate surface area is 116 Å². The summed E-state index contributed by atoms with van der Waals surface area (Å²) in [5.74, 6) is 0. The second-order valence-electron chi connectivity index (χ2n) is 6.94. The summed E-state index contributed by atoms with van der Waals surface area (Å²) in [7, 11) is -1.96. The Bertz CT molecular complexity index is 327. The van der Waals surface area contributed by atoms with Gasteiger partial charge in [0.25, 0.3) is 0 Å². The number of amides is 1. The van der Waals surface area contributed by atoms with E-state index >= 15 is 0 Å². The first-order valence-corrected chi connectivity index (χ1v) is 9.79. The molecule has 1 saturated carbocycles. The molecule has 1 amide bonds. The van der Waals surface area contributed by atoms with Crippen LogP contribution in [0.15, 0.2) is 0 Å². The van der Waals surface area contributed by atoms with Crippen molar-refractivity contribution in [1.82, 2.24) is 5.32 Å². The first kappa shape index (κ1) is 16.5. The summed E-state index contributed by atoms with van der Waals surface area (Å²) in [5.41, 5.74) is 0. The van der Waals surface area contributed by atoms with Crippen molar-refractivity contribution in [3.8, 4) is 0 Å². The van der Waals surface area contributed by atoms with Gasteiger partial charge in [0, 0.05) is 6.42 Å². The van der Waals surface area contributed by atoms with Crippen molar-refractivity contribution in [2.24, 2.45) is 0 Å². The molecule has 0 aromatic heterocycles. The van der Waals surface area contributed by atoms with Gasteiger partial charge in [0.05, 0.1) is 18.2 Å². The lowest BCUT2D eigenvalue weighted by Gasteiger charge is -2.43. The molecule has 1 aliphatic rings. The zero-order valence-electron chi connectivity index (χ0n) is 12.6. The average molecular weight is 289 g/mol. The highest BCUT2D eigenvalue weighted by atomic mass is 28.4. The number of nitrogens with one attached hydrogen (secondary N) is 1. The predicted molar refractivity (Wildman–Crippen MR) is 76.9 cm³/mol. The molecule has 5 nitrogen and oxygen atoms in total. The molecular formula is C13H27NO4Si. The number of aliphatic hydroxyl groups excluding tert-OH is 1. The molecule has 0 radical (unpaired) electrons. The van der Waals surface area contributed by atoms with Gasteiger partial charge in [-0.15, -0.1) is 0 Å². The van der Waals surface area contributed by atoms with E-state index in [9.17, 15) is 9.90 Å². The zero-order valence-corrected chi connectivity index (χ0v) is 13.6. The predicted octanol–water partition coefficient (Wildman–Crippen LogP) is 2.56. The topological polar surface area (TPSA) is 78.8 Å². The van der Waals surface area contributed by atoms with Gasteiger partial charge in [-0.25, -0.2) is 4.79 Å². The number of hydrogen-bond acceptors (Lipinski definition) is 3. The molecule has 6 heteroatoms. The van der Waals surface area contributed by atoms with E-state index in [-0.39, 0.29) is 23.3 Å². The van der Waals surface area contributed by atoms with Gasteiger partial charge in [-0.1, -0.05) is 20.8 Å². The first-order valence-electron chi connectivity index (χ1n) is 6.88. The van der Waals surface area contributed by atoms with Crippen molar-refractivity contribution in [2.45, 2.75) is 76.4 Å². The van der Waals surface area contributed by atoms with Crippen LogP contribution in [0, 0.1) is 0 Å². The second kappa shape index (κ2) is 5.81. The lowest BCUT2D eigenvalue weighted by molar-refractivity contribution is 0.0241. The normalized spacial score (nSPS) is 29.1. The zero-order chi connectivity index (χ0) is 14.8. The van der Waals surface area contributed by atoms with Crippen LogP contribution in [0.2, 0.25) is 18.1 Å². The third kappa shape index (κ3) is 4.47. The molecule has 3 N–H and O–H groups in total. The fraction of sp³-hybridized carbons (Fsp3) is 0.923. The van der Waals surface area contributed by atoms with Crippen LogP contribution >= 0.6 is 0 Å². The van der Waals surface area contributed by atoms with Crippen molar-refractivity contribution in [2.75, 3.05) is 0 Å². The minimum absolute atomic E-state index is 0.0726. The molecule has 1 rings (SSSR count). The van der Waals surface area contributed by atoms with Gasteiger partial charge >= 0.3 is 6.09 Å². The van der Waals surface area contributed by atoms with E-state index in [1.54, 1.807) is 0 Å². The average Bonchev–Trinajstić information content (AvgIpc) is 2.19. The summed E-state index contributed by atoms with van der Waals surface area (Å²) >= 11 is 0. The van der Waals surface area contributed by atoms with E-state index < -0.39 is 14.4 Å². The first-order chi connectivity index (χ1) is 8.53. The van der Waals surface area contributed by atoms with Gasteiger partial charge < -0.3 is 20.0 Å². The lowest BCUT2D eigenvalue weighted by atomic mass is 9.90. The Morgan fingerprint density at radius 3 is 2.37 bits per heavy atom. The highest BCUT2D eigenvalue weighted by molar-refractivity contribution is 6.74. The van der Waals surface area contributed by atoms with Crippen molar-refractivity contribution in [3.63, 3.8) is 0 Å². The molecule has 3 atom stereocenters. The van der Waals surface area contributed by atoms with E-state index in [4.69, 9.17) is 9.53 Å². The number of rotatable bonds is 3. The quantitative estimate of drug-likeness (QED) is 0.698. The molecule has 19 heavy (non-hydrogen) atoms. The maximum absolute atomic E-state index is 10.8. The number of aliphatic hydroxyl groups is 1. The van der Waals surface area contributed by atoms with E-state index in [0.29, 0.717) is 19.3 Å². The van der Waals surface area contributed by atoms with Crippen LogP contribution in [-0.2, 0) is 4.43 Å². The minimum atomic E-state index is -1.96. The summed E-state index contributed by atoms with van der Waals surface area (Å²) in [4.78, 5) is 10.8. The Morgan fingerprint density at radius 1 is 1.32 bits per heavy atom. The van der Waals surface area contributed by atoms with Crippen molar-refractivity contribution >= 4 is 14.4 Å². The van der Waals surface area contributed by atoms with E-state index in [1.807, 2.05) is 0 Å². The van der Waals surface area contributed by atoms with Gasteiger partial charge in [-0.2, -0.15) is 0 Å². The Balaban J connectivity index is 2.77. The summed E-state index contributed by atoms with van der Waals surface area (Å²) in [6, 6.07) is -0.213. The fourth-order valence-corrected chi connectivity index (χ4v) is 3.49. The Kier molecular flexibility index (Phi) is 5.03. The number of hydrogen-bond donors (Lipinski definition) is 3. The van der Waals surface area contributed by atoms with Gasteiger partial charge in [-0.3, -0.25) is 0 Å². The van der Waals surface area contributed by atoms with E-state index in [0.717, 1.165) is 0 Å². The van der Waals surface area contributed by atoms with Crippen LogP contribution in [0.25, 0.3) is 0 Å². The third-order valence-corrected chi connectivity index (χ3v) is 8.83. The maximum atomic E-state index is 10.8. The molecule has 1 aliphatic carbocycles. The minimum Gasteiger partial charge on any atom is -0.465 e. The molecular weight excluding hydrogens is 262 g/mol. The monoisotopic (exact) mass is 289 g/mol. The standard InChI is InChI=1S/C13H27NO4Si/c1-13(2,3)19(4,5)18-11-8-9(15)6-7-10(11)14-12(16)17/h9-11,14-15H,6-8H2,1-5H3,(H,16,17)/t9-,10+,11-/m1/s1. The van der Waals surface area contributed by atoms with Crippen LogP contribution in [0.1, 0.15) is 40.0 Å². The third-order valence-electron chi connectivity index (χ3n) is 4.33. The van der Waals surface area contributed by atoms with Gasteiger partial charge in [0.2, 0.25) is 0 Å². The van der Waals surface area contributed by atoms with Crippen LogP contribution in [0.4, 0.5) is 4.79 Å². The van der Waals surface area contributed by atoms with Crippen LogP contribution in [0.3, 0.4) is 0 Å². The maximum Gasteiger partial charge on any atom is 0.404 e. The van der Waals surface area contributed by atoms with Gasteiger partial charge in [0.1, 0.15) is 0 Å². The Hall–Kier alpha value is -0.593. The van der Waals surface area contributed by atoms with Crippen molar-refractivity contribution < 1.29 is 19.4 Å². The Morgan fingerprint density at radius 2 is 1.89 bits per heavy atom. The van der Waals surface area contributed by atoms with Gasteiger partial charge in [0.15, 0.2) is 8.32 Å². The van der Waals surface area contributed by atoms with Crippen LogP contribution in [0.5, 0.6) is 0 Å². The smallest absolute Gasteiger partial charge is 0.404 e. The SMILES string of the molecule is CC(C)(C)[Si](C)(C)O[C@@H]1C[C@H](O)CC[C@@H]1NC(=O)O. The molecule has 112 valence electrons. The molecule has 0 unspecified atom stereocenters. The summed E-state index contributed by atoms with van der Waals surface area (Å²) < 4.78 is 6.28. The molecule has 0 aliphatic heterocycles. The largest absolute Gasteiger partial charge is 0.465 e. The number of carbonyl (C=O) groups is 1. The summed E-state index contributed by atoms with van der Waals surface area (Å²) in [5, 5.41) is 21.3. The van der Waals surface area contributed by atoms with Crippen molar-refractivity contribution in [1.29, 1.82) is 0 Å². The second-order valence-corrected chi connectivity index (χ2v) is 11.7. The summed E-state index contributed by atoms with van der Waals surface area (Å²) in [6.07, 6.45) is 0.138.